The van der Waals surface area contributed by atoms with Gasteiger partial charge >= 0.3 is 5.97 Å². The zero-order chi connectivity index (χ0) is 14.8. The van der Waals surface area contributed by atoms with Gasteiger partial charge in [0.25, 0.3) is 5.56 Å². The third-order valence-electron chi connectivity index (χ3n) is 3.14. The quantitative estimate of drug-likeness (QED) is 0.784. The van der Waals surface area contributed by atoms with Crippen molar-refractivity contribution in [1.29, 1.82) is 0 Å². The molecular formula is C14H12N2O3S2. The molecule has 3 rings (SSSR count). The number of carbonyl (C=O) groups is 1. The molecule has 3 heterocycles. The maximum absolute atomic E-state index is 12.6. The van der Waals surface area contributed by atoms with Crippen LogP contribution in [0.5, 0.6) is 0 Å². The van der Waals surface area contributed by atoms with Gasteiger partial charge in [-0.1, -0.05) is 6.07 Å². The number of aryl methyl sites for hydroxylation is 1. The first-order chi connectivity index (χ1) is 10.2. The van der Waals surface area contributed by atoms with Gasteiger partial charge in [0.05, 0.1) is 11.7 Å². The summed E-state index contributed by atoms with van der Waals surface area (Å²) in [4.78, 5) is 29.2. The molecular weight excluding hydrogens is 308 g/mol. The van der Waals surface area contributed by atoms with E-state index in [4.69, 9.17) is 5.11 Å². The SMILES string of the molecule is O=C(O)CCCn1cnc2scc(-c3cccs3)c2c1=O. The summed E-state index contributed by atoms with van der Waals surface area (Å²) in [7, 11) is 0. The molecule has 0 atom stereocenters. The van der Waals surface area contributed by atoms with Crippen molar-refractivity contribution in [2.45, 2.75) is 19.4 Å². The number of fused-ring (bicyclic) bond motifs is 1. The van der Waals surface area contributed by atoms with Crippen molar-refractivity contribution >= 4 is 38.9 Å². The van der Waals surface area contributed by atoms with Crippen molar-refractivity contribution in [2.75, 3.05) is 0 Å². The number of thiophene rings is 2. The lowest BCUT2D eigenvalue weighted by Gasteiger charge is -2.04. The molecule has 0 bridgehead atoms. The fraction of sp³-hybridized carbons (Fsp3) is 0.214. The van der Waals surface area contributed by atoms with E-state index in [9.17, 15) is 9.59 Å². The number of hydrogen-bond donors (Lipinski definition) is 1. The van der Waals surface area contributed by atoms with Crippen LogP contribution < -0.4 is 5.56 Å². The van der Waals surface area contributed by atoms with Crippen molar-refractivity contribution in [3.8, 4) is 10.4 Å². The van der Waals surface area contributed by atoms with Gasteiger partial charge in [-0.2, -0.15) is 0 Å². The largest absolute Gasteiger partial charge is 0.481 e. The van der Waals surface area contributed by atoms with E-state index in [2.05, 4.69) is 4.98 Å². The Labute approximate surface area is 128 Å². The molecule has 0 aromatic carbocycles. The Bertz CT molecular complexity index is 834. The highest BCUT2D eigenvalue weighted by Gasteiger charge is 2.13. The molecule has 1 N–H and O–H groups in total. The summed E-state index contributed by atoms with van der Waals surface area (Å²) in [5.41, 5.74) is 0.810. The van der Waals surface area contributed by atoms with Crippen molar-refractivity contribution in [2.24, 2.45) is 0 Å². The first-order valence-corrected chi connectivity index (χ1v) is 8.15. The van der Waals surface area contributed by atoms with Gasteiger partial charge in [0, 0.05) is 28.8 Å². The van der Waals surface area contributed by atoms with E-state index in [1.165, 1.54) is 22.2 Å². The molecule has 3 aromatic heterocycles. The molecule has 0 aliphatic carbocycles. The van der Waals surface area contributed by atoms with Gasteiger partial charge in [-0.05, 0) is 17.9 Å². The van der Waals surface area contributed by atoms with Crippen LogP contribution in [0.4, 0.5) is 0 Å². The number of hydrogen-bond acceptors (Lipinski definition) is 5. The molecule has 0 amide bonds. The van der Waals surface area contributed by atoms with Gasteiger partial charge in [0.15, 0.2) is 0 Å². The number of carboxylic acid groups (broad SMARTS) is 1. The van der Waals surface area contributed by atoms with Crippen LogP contribution in [0.2, 0.25) is 0 Å². The Kier molecular flexibility index (Phi) is 3.85. The average molecular weight is 320 g/mol. The summed E-state index contributed by atoms with van der Waals surface area (Å²) in [6.07, 6.45) is 1.97. The third kappa shape index (κ3) is 2.74. The predicted octanol–water partition coefficient (Wildman–Crippen LogP) is 3.05. The smallest absolute Gasteiger partial charge is 0.303 e. The van der Waals surface area contributed by atoms with E-state index in [1.807, 2.05) is 22.9 Å². The van der Waals surface area contributed by atoms with Crippen LogP contribution in [0.25, 0.3) is 20.7 Å². The van der Waals surface area contributed by atoms with Crippen molar-refractivity contribution in [3.05, 3.63) is 39.6 Å². The summed E-state index contributed by atoms with van der Waals surface area (Å²) >= 11 is 3.04. The lowest BCUT2D eigenvalue weighted by molar-refractivity contribution is -0.137. The van der Waals surface area contributed by atoms with E-state index < -0.39 is 5.97 Å². The van der Waals surface area contributed by atoms with Gasteiger partial charge in [-0.3, -0.25) is 14.2 Å². The predicted molar refractivity (Wildman–Crippen MR) is 84.1 cm³/mol. The number of rotatable bonds is 5. The second kappa shape index (κ2) is 5.79. The molecule has 0 aliphatic rings. The summed E-state index contributed by atoms with van der Waals surface area (Å²) in [6, 6.07) is 3.93. The van der Waals surface area contributed by atoms with E-state index in [0.717, 1.165) is 15.3 Å². The summed E-state index contributed by atoms with van der Waals surface area (Å²) in [5, 5.41) is 13.2. The number of nitrogens with zero attached hydrogens (tertiary/aromatic N) is 2. The van der Waals surface area contributed by atoms with Gasteiger partial charge in [-0.15, -0.1) is 22.7 Å². The minimum Gasteiger partial charge on any atom is -0.481 e. The Morgan fingerprint density at radius 1 is 1.38 bits per heavy atom. The maximum Gasteiger partial charge on any atom is 0.303 e. The van der Waals surface area contributed by atoms with Crippen LogP contribution in [-0.2, 0) is 11.3 Å². The third-order valence-corrected chi connectivity index (χ3v) is 4.93. The van der Waals surface area contributed by atoms with Gasteiger partial charge in [0.1, 0.15) is 4.83 Å². The van der Waals surface area contributed by atoms with Crippen LogP contribution in [-0.4, -0.2) is 20.6 Å². The Balaban J connectivity index is 2.01. The van der Waals surface area contributed by atoms with Gasteiger partial charge < -0.3 is 5.11 Å². The molecule has 0 aliphatic heterocycles. The molecule has 0 unspecified atom stereocenters. The highest BCUT2D eigenvalue weighted by Crippen LogP contribution is 2.33. The Morgan fingerprint density at radius 2 is 2.24 bits per heavy atom. The maximum atomic E-state index is 12.6. The molecule has 0 saturated heterocycles. The molecule has 0 saturated carbocycles. The number of aliphatic carboxylic acids is 1. The molecule has 21 heavy (non-hydrogen) atoms. The van der Waals surface area contributed by atoms with Crippen LogP contribution in [0, 0.1) is 0 Å². The van der Waals surface area contributed by atoms with Crippen LogP contribution in [0.15, 0.2) is 34.0 Å². The van der Waals surface area contributed by atoms with Gasteiger partial charge in [-0.25, -0.2) is 4.98 Å². The van der Waals surface area contributed by atoms with Crippen LogP contribution in [0.3, 0.4) is 0 Å². The molecule has 0 fully saturated rings. The van der Waals surface area contributed by atoms with Crippen molar-refractivity contribution < 1.29 is 9.90 Å². The van der Waals surface area contributed by atoms with Crippen molar-refractivity contribution in [1.82, 2.24) is 9.55 Å². The van der Waals surface area contributed by atoms with Crippen LogP contribution in [0.1, 0.15) is 12.8 Å². The first-order valence-electron chi connectivity index (χ1n) is 6.39. The second-order valence-electron chi connectivity index (χ2n) is 4.55. The monoisotopic (exact) mass is 320 g/mol. The van der Waals surface area contributed by atoms with Crippen LogP contribution >= 0.6 is 22.7 Å². The highest BCUT2D eigenvalue weighted by molar-refractivity contribution is 7.18. The fourth-order valence-electron chi connectivity index (χ4n) is 2.14. The summed E-state index contributed by atoms with van der Waals surface area (Å²) in [6.45, 7) is 0.369. The zero-order valence-corrected chi connectivity index (χ0v) is 12.6. The summed E-state index contributed by atoms with van der Waals surface area (Å²) < 4.78 is 1.50. The first kappa shape index (κ1) is 14.0. The zero-order valence-electron chi connectivity index (χ0n) is 11.0. The number of carboxylic acids is 1. The van der Waals surface area contributed by atoms with E-state index in [0.29, 0.717) is 18.4 Å². The topological polar surface area (TPSA) is 72.2 Å². The lowest BCUT2D eigenvalue weighted by atomic mass is 10.2. The average Bonchev–Trinajstić information content (AvgIpc) is 3.09. The molecule has 3 aromatic rings. The Morgan fingerprint density at radius 3 is 2.95 bits per heavy atom. The van der Waals surface area contributed by atoms with Gasteiger partial charge in [0.2, 0.25) is 0 Å². The second-order valence-corrected chi connectivity index (χ2v) is 6.35. The minimum atomic E-state index is -0.855. The van der Waals surface area contributed by atoms with Crippen molar-refractivity contribution in [3.63, 3.8) is 0 Å². The molecule has 5 nitrogen and oxygen atoms in total. The number of aromatic nitrogens is 2. The molecule has 108 valence electrons. The van der Waals surface area contributed by atoms with E-state index in [1.54, 1.807) is 11.3 Å². The lowest BCUT2D eigenvalue weighted by Crippen LogP contribution is -2.20. The molecule has 0 spiro atoms. The van der Waals surface area contributed by atoms with E-state index >= 15 is 0 Å². The fourth-order valence-corrected chi connectivity index (χ4v) is 3.86. The van der Waals surface area contributed by atoms with E-state index in [-0.39, 0.29) is 12.0 Å². The standard InChI is InChI=1S/C14H12N2O3S2/c17-11(18)4-1-5-16-8-15-13-12(14(16)19)9(7-21-13)10-3-2-6-20-10/h2-3,6-8H,1,4-5H2,(H,17,18). The molecule has 0 radical (unpaired) electrons. The minimum absolute atomic E-state index is 0.0475. The summed E-state index contributed by atoms with van der Waals surface area (Å²) in [5.74, 6) is -0.855. The normalized spacial score (nSPS) is 11.0. The Hall–Kier alpha value is -1.99. The highest BCUT2D eigenvalue weighted by atomic mass is 32.1. The molecule has 7 heteroatoms.